The number of benzene rings is 4. The van der Waals surface area contributed by atoms with Crippen molar-refractivity contribution >= 4 is 39.5 Å². The van der Waals surface area contributed by atoms with Gasteiger partial charge in [-0.2, -0.15) is 0 Å². The van der Waals surface area contributed by atoms with Crippen molar-refractivity contribution < 1.29 is 9.53 Å². The number of esters is 1. The van der Waals surface area contributed by atoms with Crippen molar-refractivity contribution in [2.75, 3.05) is 0 Å². The first-order chi connectivity index (χ1) is 13.3. The summed E-state index contributed by atoms with van der Waals surface area (Å²) in [6.45, 7) is 0. The minimum absolute atomic E-state index is 0.314. The summed E-state index contributed by atoms with van der Waals surface area (Å²) in [5.41, 5.74) is 2.08. The molecule has 0 fully saturated rings. The lowest BCUT2D eigenvalue weighted by molar-refractivity contribution is -0.129. The molecule has 3 heteroatoms. The number of hydrogen-bond acceptors (Lipinski definition) is 3. The van der Waals surface area contributed by atoms with E-state index in [1.807, 2.05) is 72.8 Å². The molecular formula is C24H15NO2. The number of carbonyl (C=O) groups excluding carboxylic acids is 1. The monoisotopic (exact) mass is 349 g/mol. The van der Waals surface area contributed by atoms with Gasteiger partial charge in [0.2, 0.25) is 5.90 Å². The molecule has 0 aliphatic carbocycles. The molecule has 0 spiro atoms. The van der Waals surface area contributed by atoms with Crippen LogP contribution >= 0.6 is 0 Å². The van der Waals surface area contributed by atoms with Gasteiger partial charge in [-0.3, -0.25) is 0 Å². The van der Waals surface area contributed by atoms with Crippen LogP contribution in [0.1, 0.15) is 11.1 Å². The highest BCUT2D eigenvalue weighted by atomic mass is 16.6. The fourth-order valence-corrected chi connectivity index (χ4v) is 3.46. The number of rotatable bonds is 2. The molecule has 0 bridgehead atoms. The van der Waals surface area contributed by atoms with Crippen molar-refractivity contribution in [3.8, 4) is 0 Å². The Balaban J connectivity index is 1.63. The lowest BCUT2D eigenvalue weighted by atomic mass is 10.0. The van der Waals surface area contributed by atoms with E-state index >= 15 is 0 Å². The largest absolute Gasteiger partial charge is 0.402 e. The van der Waals surface area contributed by atoms with Crippen LogP contribution in [0.15, 0.2) is 95.6 Å². The average molecular weight is 349 g/mol. The van der Waals surface area contributed by atoms with Crippen LogP contribution in [0.25, 0.3) is 27.6 Å². The minimum atomic E-state index is -0.425. The third-order valence-corrected chi connectivity index (χ3v) is 4.76. The van der Waals surface area contributed by atoms with Gasteiger partial charge in [0.1, 0.15) is 0 Å². The van der Waals surface area contributed by atoms with Gasteiger partial charge in [0.25, 0.3) is 0 Å². The fraction of sp³-hybridized carbons (Fsp3) is 0. The summed E-state index contributed by atoms with van der Waals surface area (Å²) in [4.78, 5) is 16.9. The first-order valence-electron chi connectivity index (χ1n) is 8.78. The lowest BCUT2D eigenvalue weighted by Crippen LogP contribution is -2.05. The maximum atomic E-state index is 12.4. The second-order valence-corrected chi connectivity index (χ2v) is 6.43. The number of fused-ring (bicyclic) bond motifs is 2. The Bertz CT molecular complexity index is 1260. The Kier molecular flexibility index (Phi) is 3.58. The number of ether oxygens (including phenoxy) is 1. The molecule has 27 heavy (non-hydrogen) atoms. The quantitative estimate of drug-likeness (QED) is 0.362. The second-order valence-electron chi connectivity index (χ2n) is 6.43. The molecule has 0 unspecified atom stereocenters. The molecule has 0 saturated carbocycles. The van der Waals surface area contributed by atoms with Gasteiger partial charge in [-0.25, -0.2) is 9.79 Å². The fourth-order valence-electron chi connectivity index (χ4n) is 3.46. The van der Waals surface area contributed by atoms with E-state index in [1.54, 1.807) is 6.08 Å². The summed E-state index contributed by atoms with van der Waals surface area (Å²) < 4.78 is 5.50. The van der Waals surface area contributed by atoms with Crippen LogP contribution in [-0.2, 0) is 9.53 Å². The summed E-state index contributed by atoms with van der Waals surface area (Å²) in [6.07, 6.45) is 1.79. The Morgan fingerprint density at radius 2 is 1.33 bits per heavy atom. The van der Waals surface area contributed by atoms with Crippen molar-refractivity contribution in [3.05, 3.63) is 102 Å². The standard InChI is InChI=1S/C24H15NO2/c26-24-22(15-18-11-5-9-16-7-1-3-12-19(16)18)25-23(27-24)21-14-6-10-17-8-2-4-13-20(17)21/h1-15H/b22-15-. The van der Waals surface area contributed by atoms with Gasteiger partial charge in [-0.15, -0.1) is 0 Å². The summed E-state index contributed by atoms with van der Waals surface area (Å²) in [7, 11) is 0. The molecule has 0 atom stereocenters. The zero-order valence-electron chi connectivity index (χ0n) is 14.4. The summed E-state index contributed by atoms with van der Waals surface area (Å²) >= 11 is 0. The van der Waals surface area contributed by atoms with E-state index in [2.05, 4.69) is 17.1 Å². The van der Waals surface area contributed by atoms with Crippen LogP contribution in [0.3, 0.4) is 0 Å². The third-order valence-electron chi connectivity index (χ3n) is 4.76. The van der Waals surface area contributed by atoms with E-state index in [-0.39, 0.29) is 0 Å². The first kappa shape index (κ1) is 15.5. The molecule has 0 radical (unpaired) electrons. The number of cyclic esters (lactones) is 1. The Morgan fingerprint density at radius 1 is 0.704 bits per heavy atom. The Morgan fingerprint density at radius 3 is 2.15 bits per heavy atom. The molecule has 3 nitrogen and oxygen atoms in total. The average Bonchev–Trinajstić information content (AvgIpc) is 3.08. The number of nitrogens with zero attached hydrogens (tertiary/aromatic N) is 1. The predicted molar refractivity (Wildman–Crippen MR) is 109 cm³/mol. The van der Waals surface area contributed by atoms with Crippen LogP contribution in [0, 0.1) is 0 Å². The van der Waals surface area contributed by atoms with Gasteiger partial charge in [0.05, 0.1) is 0 Å². The molecule has 0 aromatic heterocycles. The van der Waals surface area contributed by atoms with E-state index in [9.17, 15) is 4.79 Å². The molecular weight excluding hydrogens is 334 g/mol. The van der Waals surface area contributed by atoms with Gasteiger partial charge < -0.3 is 4.74 Å². The normalized spacial score (nSPS) is 15.3. The molecule has 1 aliphatic rings. The highest BCUT2D eigenvalue weighted by Gasteiger charge is 2.25. The minimum Gasteiger partial charge on any atom is -0.402 e. The summed E-state index contributed by atoms with van der Waals surface area (Å²) in [6, 6.07) is 28.0. The van der Waals surface area contributed by atoms with Crippen LogP contribution in [-0.4, -0.2) is 11.9 Å². The van der Waals surface area contributed by atoms with E-state index in [1.165, 1.54) is 0 Å². The SMILES string of the molecule is O=C1OC(c2cccc3ccccc23)=N/C1=C\c1cccc2ccccc12. The maximum absolute atomic E-state index is 12.4. The van der Waals surface area contributed by atoms with Crippen molar-refractivity contribution in [1.29, 1.82) is 0 Å². The van der Waals surface area contributed by atoms with Crippen molar-refractivity contribution in [1.82, 2.24) is 0 Å². The third kappa shape index (κ3) is 2.70. The van der Waals surface area contributed by atoms with Gasteiger partial charge in [-0.1, -0.05) is 78.9 Å². The first-order valence-corrected chi connectivity index (χ1v) is 8.78. The van der Waals surface area contributed by atoms with E-state index in [0.29, 0.717) is 11.6 Å². The van der Waals surface area contributed by atoms with Crippen LogP contribution in [0.4, 0.5) is 0 Å². The lowest BCUT2D eigenvalue weighted by Gasteiger charge is -2.04. The topological polar surface area (TPSA) is 38.7 Å². The van der Waals surface area contributed by atoms with Gasteiger partial charge in [-0.05, 0) is 39.3 Å². The smallest absolute Gasteiger partial charge is 0.363 e. The number of hydrogen-bond donors (Lipinski definition) is 0. The Hall–Kier alpha value is -3.72. The Labute approximate surface area is 156 Å². The van der Waals surface area contributed by atoms with Crippen molar-refractivity contribution in [3.63, 3.8) is 0 Å². The molecule has 0 N–H and O–H groups in total. The highest BCUT2D eigenvalue weighted by Crippen LogP contribution is 2.26. The van der Waals surface area contributed by atoms with Crippen LogP contribution in [0.2, 0.25) is 0 Å². The van der Waals surface area contributed by atoms with E-state index < -0.39 is 5.97 Å². The van der Waals surface area contributed by atoms with Gasteiger partial charge in [0, 0.05) is 5.56 Å². The highest BCUT2D eigenvalue weighted by molar-refractivity contribution is 6.17. The van der Waals surface area contributed by atoms with Crippen LogP contribution < -0.4 is 0 Å². The molecule has 128 valence electrons. The van der Waals surface area contributed by atoms with E-state index in [0.717, 1.165) is 32.7 Å². The molecule has 1 aliphatic heterocycles. The molecule has 0 saturated heterocycles. The number of carbonyl (C=O) groups is 1. The van der Waals surface area contributed by atoms with Gasteiger partial charge >= 0.3 is 5.97 Å². The predicted octanol–water partition coefficient (Wildman–Crippen LogP) is 5.34. The van der Waals surface area contributed by atoms with Crippen LogP contribution in [0.5, 0.6) is 0 Å². The summed E-state index contributed by atoms with van der Waals surface area (Å²) in [5, 5.41) is 4.30. The second kappa shape index (κ2) is 6.22. The van der Waals surface area contributed by atoms with Crippen molar-refractivity contribution in [2.45, 2.75) is 0 Å². The zero-order chi connectivity index (χ0) is 18.2. The number of aliphatic imine (C=N–C) groups is 1. The molecule has 0 amide bonds. The molecule has 4 aromatic rings. The molecule has 1 heterocycles. The van der Waals surface area contributed by atoms with Gasteiger partial charge in [0.15, 0.2) is 5.70 Å². The van der Waals surface area contributed by atoms with Crippen molar-refractivity contribution in [2.24, 2.45) is 4.99 Å². The molecule has 5 rings (SSSR count). The van der Waals surface area contributed by atoms with E-state index in [4.69, 9.17) is 4.74 Å². The summed E-state index contributed by atoms with van der Waals surface area (Å²) in [5.74, 6) is -0.0749. The zero-order valence-corrected chi connectivity index (χ0v) is 14.4. The maximum Gasteiger partial charge on any atom is 0.363 e. The molecule has 4 aromatic carbocycles.